The molecule has 0 spiro atoms. The number of nitrogens with two attached hydrogens (primary N) is 1. The number of hydrogen-bond acceptors (Lipinski definition) is 1. The summed E-state index contributed by atoms with van der Waals surface area (Å²) in [6, 6.07) is -0.378. The highest BCUT2D eigenvalue weighted by molar-refractivity contribution is 5.48. The molecule has 0 saturated heterocycles. The summed E-state index contributed by atoms with van der Waals surface area (Å²) in [5.41, 5.74) is 5.59. The van der Waals surface area contributed by atoms with E-state index in [-0.39, 0.29) is 17.2 Å². The van der Waals surface area contributed by atoms with Gasteiger partial charge in [0.25, 0.3) is 0 Å². The highest BCUT2D eigenvalue weighted by Gasteiger charge is 2.41. The monoisotopic (exact) mass is 243 g/mol. The summed E-state index contributed by atoms with van der Waals surface area (Å²) in [7, 11) is 0. The van der Waals surface area contributed by atoms with Crippen LogP contribution in [0.3, 0.4) is 0 Å². The highest BCUT2D eigenvalue weighted by Crippen LogP contribution is 2.47. The average molecular weight is 243 g/mol. The zero-order valence-electron chi connectivity index (χ0n) is 8.68. The number of hydrogen-bond donors (Lipinski definition) is 1. The SMILES string of the molecule is NC1CC2C=CC1c1c(F)c(F)c(F)c(F)c12. The predicted molar refractivity (Wildman–Crippen MR) is 53.5 cm³/mol. The van der Waals surface area contributed by atoms with Gasteiger partial charge in [-0.25, -0.2) is 17.6 Å². The van der Waals surface area contributed by atoms with Crippen molar-refractivity contribution in [2.45, 2.75) is 24.3 Å². The summed E-state index contributed by atoms with van der Waals surface area (Å²) in [4.78, 5) is 0. The number of rotatable bonds is 0. The first-order chi connectivity index (χ1) is 8.02. The van der Waals surface area contributed by atoms with Crippen LogP contribution >= 0.6 is 0 Å². The lowest BCUT2D eigenvalue weighted by atomic mass is 9.68. The Kier molecular flexibility index (Phi) is 2.10. The van der Waals surface area contributed by atoms with Crippen LogP contribution in [0.15, 0.2) is 12.2 Å². The second-order valence-electron chi connectivity index (χ2n) is 4.50. The van der Waals surface area contributed by atoms with Crippen LogP contribution in [0.1, 0.15) is 29.4 Å². The van der Waals surface area contributed by atoms with Crippen molar-refractivity contribution in [3.8, 4) is 0 Å². The van der Waals surface area contributed by atoms with Crippen LogP contribution in [0, 0.1) is 23.3 Å². The van der Waals surface area contributed by atoms with Crippen molar-refractivity contribution < 1.29 is 17.6 Å². The van der Waals surface area contributed by atoms with Crippen molar-refractivity contribution in [1.82, 2.24) is 0 Å². The average Bonchev–Trinajstić information content (AvgIpc) is 2.33. The largest absolute Gasteiger partial charge is 0.327 e. The van der Waals surface area contributed by atoms with Gasteiger partial charge in [-0.3, -0.25) is 0 Å². The zero-order valence-corrected chi connectivity index (χ0v) is 8.68. The summed E-state index contributed by atoms with van der Waals surface area (Å²) in [6.45, 7) is 0. The normalized spacial score (nSPS) is 29.6. The van der Waals surface area contributed by atoms with E-state index in [0.717, 1.165) is 0 Å². The number of fused-ring (bicyclic) bond motifs is 1. The van der Waals surface area contributed by atoms with Gasteiger partial charge in [-0.1, -0.05) is 12.2 Å². The van der Waals surface area contributed by atoms with E-state index in [1.165, 1.54) is 0 Å². The second kappa shape index (κ2) is 3.32. The lowest BCUT2D eigenvalue weighted by Crippen LogP contribution is -2.38. The zero-order chi connectivity index (χ0) is 12.3. The summed E-state index contributed by atoms with van der Waals surface area (Å²) in [5.74, 6) is -7.13. The molecule has 1 nitrogen and oxygen atoms in total. The Hall–Kier alpha value is -1.36. The molecule has 1 aromatic rings. The van der Waals surface area contributed by atoms with E-state index >= 15 is 0 Å². The number of halogens is 4. The van der Waals surface area contributed by atoms with E-state index in [1.54, 1.807) is 12.2 Å². The van der Waals surface area contributed by atoms with Gasteiger partial charge >= 0.3 is 0 Å². The summed E-state index contributed by atoms with van der Waals surface area (Å²) in [5, 5.41) is 0. The van der Waals surface area contributed by atoms with Gasteiger partial charge in [0, 0.05) is 29.0 Å². The van der Waals surface area contributed by atoms with Gasteiger partial charge < -0.3 is 5.73 Å². The Balaban J connectivity index is 2.36. The molecule has 0 amide bonds. The van der Waals surface area contributed by atoms with Gasteiger partial charge in [0.05, 0.1) is 0 Å². The second-order valence-corrected chi connectivity index (χ2v) is 4.50. The Morgan fingerprint density at radius 3 is 2.06 bits per heavy atom. The van der Waals surface area contributed by atoms with Gasteiger partial charge in [0.15, 0.2) is 23.3 Å². The maximum Gasteiger partial charge on any atom is 0.197 e. The third kappa shape index (κ3) is 1.23. The van der Waals surface area contributed by atoms with Crippen LogP contribution in [0.2, 0.25) is 0 Å². The fourth-order valence-electron chi connectivity index (χ4n) is 2.79. The first-order valence-electron chi connectivity index (χ1n) is 5.32. The van der Waals surface area contributed by atoms with Gasteiger partial charge in [0.2, 0.25) is 0 Å². The van der Waals surface area contributed by atoms with Crippen LogP contribution in [0.4, 0.5) is 17.6 Å². The predicted octanol–water partition coefficient (Wildman–Crippen LogP) is 2.71. The Morgan fingerprint density at radius 2 is 1.47 bits per heavy atom. The van der Waals surface area contributed by atoms with E-state index in [1.807, 2.05) is 0 Å². The fourth-order valence-corrected chi connectivity index (χ4v) is 2.79. The van der Waals surface area contributed by atoms with E-state index in [2.05, 4.69) is 0 Å². The summed E-state index contributed by atoms with van der Waals surface area (Å²) in [6.07, 6.45) is 3.74. The van der Waals surface area contributed by atoms with Crippen LogP contribution < -0.4 is 5.73 Å². The smallest absolute Gasteiger partial charge is 0.197 e. The number of allylic oxidation sites excluding steroid dienone is 1. The van der Waals surface area contributed by atoms with Gasteiger partial charge in [0.1, 0.15) is 0 Å². The highest BCUT2D eigenvalue weighted by atomic mass is 19.2. The quantitative estimate of drug-likeness (QED) is 0.322. The Bertz CT molecular complexity index is 538. The molecule has 3 unspecified atom stereocenters. The Morgan fingerprint density at radius 1 is 0.882 bits per heavy atom. The molecule has 0 aromatic heterocycles. The molecule has 0 aliphatic heterocycles. The van der Waals surface area contributed by atoms with Gasteiger partial charge in [-0.15, -0.1) is 0 Å². The molecule has 1 aromatic carbocycles. The molecule has 17 heavy (non-hydrogen) atoms. The van der Waals surface area contributed by atoms with Crippen LogP contribution in [-0.4, -0.2) is 6.04 Å². The molecule has 2 N–H and O–H groups in total. The van der Waals surface area contributed by atoms with Gasteiger partial charge in [-0.2, -0.15) is 0 Å². The minimum Gasteiger partial charge on any atom is -0.327 e. The van der Waals surface area contributed by atoms with E-state index < -0.39 is 35.1 Å². The maximum absolute atomic E-state index is 13.7. The van der Waals surface area contributed by atoms with Crippen LogP contribution in [0.25, 0.3) is 0 Å². The molecule has 5 heteroatoms. The minimum absolute atomic E-state index is 0.0735. The van der Waals surface area contributed by atoms with E-state index in [4.69, 9.17) is 5.73 Å². The minimum atomic E-state index is -1.76. The molecule has 0 saturated carbocycles. The molecule has 2 bridgehead atoms. The molecule has 0 fully saturated rings. The van der Waals surface area contributed by atoms with E-state index in [9.17, 15) is 17.6 Å². The number of benzene rings is 1. The van der Waals surface area contributed by atoms with Crippen molar-refractivity contribution in [2.75, 3.05) is 0 Å². The maximum atomic E-state index is 13.7. The lowest BCUT2D eigenvalue weighted by molar-refractivity contribution is 0.366. The summed E-state index contributed by atoms with van der Waals surface area (Å²) >= 11 is 0. The topological polar surface area (TPSA) is 26.0 Å². The summed E-state index contributed by atoms with van der Waals surface area (Å²) < 4.78 is 53.7. The van der Waals surface area contributed by atoms with Crippen molar-refractivity contribution in [2.24, 2.45) is 5.73 Å². The van der Waals surface area contributed by atoms with Crippen molar-refractivity contribution in [3.63, 3.8) is 0 Å². The first kappa shape index (κ1) is 10.8. The first-order valence-corrected chi connectivity index (χ1v) is 5.32. The van der Waals surface area contributed by atoms with Crippen molar-refractivity contribution in [1.29, 1.82) is 0 Å². The lowest BCUT2D eigenvalue weighted by Gasteiger charge is -2.38. The van der Waals surface area contributed by atoms with Crippen LogP contribution in [0.5, 0.6) is 0 Å². The molecule has 0 radical (unpaired) electrons. The molecular weight excluding hydrogens is 234 g/mol. The fraction of sp³-hybridized carbons (Fsp3) is 0.333. The van der Waals surface area contributed by atoms with Gasteiger partial charge in [-0.05, 0) is 6.42 Å². The Labute approximate surface area is 94.9 Å². The third-order valence-electron chi connectivity index (χ3n) is 3.58. The molecule has 90 valence electrons. The molecule has 3 aliphatic carbocycles. The van der Waals surface area contributed by atoms with Crippen LogP contribution in [-0.2, 0) is 0 Å². The molecule has 3 aliphatic rings. The molecular formula is C12H9F4N. The van der Waals surface area contributed by atoms with E-state index in [0.29, 0.717) is 6.42 Å². The third-order valence-corrected chi connectivity index (χ3v) is 3.58. The molecule has 3 atom stereocenters. The molecule has 0 heterocycles. The standard InChI is InChI=1S/C12H9F4N/c13-9-7-4-1-2-5(6(17)3-4)8(7)10(14)12(16)11(9)15/h1-2,4-6H,3,17H2. The van der Waals surface area contributed by atoms with Crippen molar-refractivity contribution >= 4 is 0 Å². The molecule has 4 rings (SSSR count). The van der Waals surface area contributed by atoms with Crippen molar-refractivity contribution in [3.05, 3.63) is 46.5 Å².